The van der Waals surface area contributed by atoms with Crippen LogP contribution >= 0.6 is 27.7 Å². The van der Waals surface area contributed by atoms with E-state index in [9.17, 15) is 4.79 Å². The van der Waals surface area contributed by atoms with Gasteiger partial charge in [-0.25, -0.2) is 0 Å². The minimum absolute atomic E-state index is 0.305. The standard InChI is InChI=1S/C11H13BrOS/c1-8(5-6-13)9-3-4-11(14-2)10(12)7-9/h3-4,6-8H,5H2,1-2H3. The third kappa shape index (κ3) is 2.85. The number of halogens is 1. The van der Waals surface area contributed by atoms with Gasteiger partial charge in [-0.3, -0.25) is 0 Å². The highest BCUT2D eigenvalue weighted by atomic mass is 79.9. The van der Waals surface area contributed by atoms with Crippen molar-refractivity contribution >= 4 is 34.0 Å². The molecule has 3 heteroatoms. The van der Waals surface area contributed by atoms with E-state index in [0.717, 1.165) is 10.8 Å². The number of carbonyl (C=O) groups is 1. The zero-order chi connectivity index (χ0) is 10.6. The Labute approximate surface area is 97.4 Å². The van der Waals surface area contributed by atoms with E-state index in [4.69, 9.17) is 0 Å². The molecule has 0 spiro atoms. The fourth-order valence-electron chi connectivity index (χ4n) is 1.27. The number of aldehydes is 1. The van der Waals surface area contributed by atoms with Crippen LogP contribution in [0.3, 0.4) is 0 Å². The van der Waals surface area contributed by atoms with Crippen molar-refractivity contribution in [2.75, 3.05) is 6.26 Å². The lowest BCUT2D eigenvalue weighted by Crippen LogP contribution is -1.94. The minimum Gasteiger partial charge on any atom is -0.303 e. The van der Waals surface area contributed by atoms with E-state index in [-0.39, 0.29) is 0 Å². The third-order valence-electron chi connectivity index (χ3n) is 2.19. The quantitative estimate of drug-likeness (QED) is 0.612. The molecule has 0 aliphatic heterocycles. The molecule has 1 unspecified atom stereocenters. The first-order valence-electron chi connectivity index (χ1n) is 4.46. The Bertz CT molecular complexity index is 325. The van der Waals surface area contributed by atoms with Crippen LogP contribution in [0.25, 0.3) is 0 Å². The molecule has 1 atom stereocenters. The normalized spacial score (nSPS) is 12.5. The van der Waals surface area contributed by atoms with Crippen LogP contribution in [0.15, 0.2) is 27.6 Å². The second-order valence-corrected chi connectivity index (χ2v) is 4.90. The van der Waals surface area contributed by atoms with Crippen molar-refractivity contribution in [1.29, 1.82) is 0 Å². The summed E-state index contributed by atoms with van der Waals surface area (Å²) >= 11 is 5.23. The lowest BCUT2D eigenvalue weighted by Gasteiger charge is -2.10. The van der Waals surface area contributed by atoms with Crippen LogP contribution in [0, 0.1) is 0 Å². The summed E-state index contributed by atoms with van der Waals surface area (Å²) < 4.78 is 1.11. The molecule has 0 amide bonds. The van der Waals surface area contributed by atoms with Gasteiger partial charge in [0.1, 0.15) is 6.29 Å². The molecule has 1 nitrogen and oxygen atoms in total. The van der Waals surface area contributed by atoms with E-state index >= 15 is 0 Å². The van der Waals surface area contributed by atoms with Crippen LogP contribution in [-0.4, -0.2) is 12.5 Å². The summed E-state index contributed by atoms with van der Waals surface area (Å²) in [5.74, 6) is 0.305. The third-order valence-corrected chi connectivity index (χ3v) is 3.91. The Morgan fingerprint density at radius 2 is 2.29 bits per heavy atom. The molecule has 1 rings (SSSR count). The number of hydrogen-bond donors (Lipinski definition) is 0. The molecule has 0 fully saturated rings. The molecule has 0 aliphatic rings. The first-order chi connectivity index (χ1) is 6.69. The second-order valence-electron chi connectivity index (χ2n) is 3.20. The number of rotatable bonds is 4. The summed E-state index contributed by atoms with van der Waals surface area (Å²) in [5.41, 5.74) is 1.21. The maximum atomic E-state index is 10.4. The van der Waals surface area contributed by atoms with Gasteiger partial charge < -0.3 is 4.79 Å². The van der Waals surface area contributed by atoms with Gasteiger partial charge in [0.05, 0.1) is 0 Å². The zero-order valence-electron chi connectivity index (χ0n) is 8.29. The van der Waals surface area contributed by atoms with Gasteiger partial charge in [-0.1, -0.05) is 13.0 Å². The van der Waals surface area contributed by atoms with E-state index in [1.165, 1.54) is 10.5 Å². The van der Waals surface area contributed by atoms with Crippen LogP contribution in [0.4, 0.5) is 0 Å². The topological polar surface area (TPSA) is 17.1 Å². The van der Waals surface area contributed by atoms with Gasteiger partial charge in [-0.05, 0) is 45.8 Å². The summed E-state index contributed by atoms with van der Waals surface area (Å²) in [6.07, 6.45) is 3.61. The Balaban J connectivity index is 2.90. The van der Waals surface area contributed by atoms with Crippen molar-refractivity contribution < 1.29 is 4.79 Å². The molecular weight excluding hydrogens is 260 g/mol. The summed E-state index contributed by atoms with van der Waals surface area (Å²) in [5, 5.41) is 0. The Kier molecular flexibility index (Phi) is 4.69. The summed E-state index contributed by atoms with van der Waals surface area (Å²) in [6, 6.07) is 6.27. The molecule has 0 N–H and O–H groups in total. The lowest BCUT2D eigenvalue weighted by atomic mass is 9.99. The lowest BCUT2D eigenvalue weighted by molar-refractivity contribution is -0.108. The molecule has 0 aliphatic carbocycles. The number of thioether (sulfide) groups is 1. The molecule has 0 heterocycles. The molecule has 0 bridgehead atoms. The van der Waals surface area contributed by atoms with E-state index in [1.54, 1.807) is 11.8 Å². The smallest absolute Gasteiger partial charge is 0.120 e. The first-order valence-corrected chi connectivity index (χ1v) is 6.48. The summed E-state index contributed by atoms with van der Waals surface area (Å²) in [4.78, 5) is 11.6. The van der Waals surface area contributed by atoms with Crippen molar-refractivity contribution in [2.24, 2.45) is 0 Å². The highest BCUT2D eigenvalue weighted by Crippen LogP contribution is 2.29. The Hall–Kier alpha value is -0.280. The largest absolute Gasteiger partial charge is 0.303 e. The molecule has 1 aromatic rings. The number of hydrogen-bond acceptors (Lipinski definition) is 2. The van der Waals surface area contributed by atoms with Gasteiger partial charge >= 0.3 is 0 Å². The van der Waals surface area contributed by atoms with Gasteiger partial charge in [0.25, 0.3) is 0 Å². The molecule has 0 saturated carbocycles. The van der Waals surface area contributed by atoms with Gasteiger partial charge in [-0.2, -0.15) is 0 Å². The average Bonchev–Trinajstić information content (AvgIpc) is 2.18. The van der Waals surface area contributed by atoms with E-state index in [0.29, 0.717) is 12.3 Å². The monoisotopic (exact) mass is 272 g/mol. The molecular formula is C11H13BrOS. The van der Waals surface area contributed by atoms with Gasteiger partial charge in [-0.15, -0.1) is 11.8 Å². The predicted molar refractivity (Wildman–Crippen MR) is 65.0 cm³/mol. The van der Waals surface area contributed by atoms with Gasteiger partial charge in [0.2, 0.25) is 0 Å². The number of benzene rings is 1. The predicted octanol–water partition coefficient (Wildman–Crippen LogP) is 3.86. The van der Waals surface area contributed by atoms with E-state index in [1.807, 2.05) is 0 Å². The van der Waals surface area contributed by atoms with Crippen molar-refractivity contribution in [3.8, 4) is 0 Å². The van der Waals surface area contributed by atoms with Crippen molar-refractivity contribution in [2.45, 2.75) is 24.2 Å². The average molecular weight is 273 g/mol. The summed E-state index contributed by atoms with van der Waals surface area (Å²) in [6.45, 7) is 2.06. The van der Waals surface area contributed by atoms with Crippen LogP contribution in [0.5, 0.6) is 0 Å². The van der Waals surface area contributed by atoms with E-state index in [2.05, 4.69) is 47.3 Å². The minimum atomic E-state index is 0.305. The first kappa shape index (κ1) is 11.8. The fraction of sp³-hybridized carbons (Fsp3) is 0.364. The molecule has 14 heavy (non-hydrogen) atoms. The van der Waals surface area contributed by atoms with E-state index < -0.39 is 0 Å². The highest BCUT2D eigenvalue weighted by Gasteiger charge is 2.06. The Morgan fingerprint density at radius 3 is 2.79 bits per heavy atom. The van der Waals surface area contributed by atoms with Crippen LogP contribution in [0.2, 0.25) is 0 Å². The van der Waals surface area contributed by atoms with Crippen LogP contribution in [-0.2, 0) is 4.79 Å². The van der Waals surface area contributed by atoms with Crippen LogP contribution in [0.1, 0.15) is 24.8 Å². The summed E-state index contributed by atoms with van der Waals surface area (Å²) in [7, 11) is 0. The van der Waals surface area contributed by atoms with Crippen molar-refractivity contribution in [1.82, 2.24) is 0 Å². The highest BCUT2D eigenvalue weighted by molar-refractivity contribution is 9.10. The van der Waals surface area contributed by atoms with Crippen molar-refractivity contribution in [3.63, 3.8) is 0 Å². The molecule has 0 radical (unpaired) electrons. The SMILES string of the molecule is CSc1ccc(C(C)CC=O)cc1Br. The van der Waals surface area contributed by atoms with Crippen molar-refractivity contribution in [3.05, 3.63) is 28.2 Å². The zero-order valence-corrected chi connectivity index (χ0v) is 10.7. The van der Waals surface area contributed by atoms with Gasteiger partial charge in [0.15, 0.2) is 0 Å². The molecule has 0 saturated heterocycles. The maximum Gasteiger partial charge on any atom is 0.120 e. The number of carbonyl (C=O) groups excluding carboxylic acids is 1. The second kappa shape index (κ2) is 5.56. The molecule has 1 aromatic carbocycles. The maximum absolute atomic E-state index is 10.4. The molecule has 0 aromatic heterocycles. The fourth-order valence-corrected chi connectivity index (χ4v) is 2.61. The van der Waals surface area contributed by atoms with Crippen LogP contribution < -0.4 is 0 Å². The molecule has 76 valence electrons. The van der Waals surface area contributed by atoms with Gasteiger partial charge in [0, 0.05) is 15.8 Å². The Morgan fingerprint density at radius 1 is 1.57 bits per heavy atom.